The molecule has 1 aromatic heterocycles. The van der Waals surface area contributed by atoms with Crippen LogP contribution in [0.4, 0.5) is 0 Å². The largest absolute Gasteiger partial charge is 0.308 e. The molecular formula is C9H16N2O2S2. The van der Waals surface area contributed by atoms with Crippen molar-refractivity contribution in [1.29, 1.82) is 0 Å². The fourth-order valence-electron chi connectivity index (χ4n) is 1.16. The van der Waals surface area contributed by atoms with E-state index in [9.17, 15) is 8.42 Å². The van der Waals surface area contributed by atoms with E-state index in [0.29, 0.717) is 6.54 Å². The maximum absolute atomic E-state index is 11.3. The number of rotatable bonds is 6. The molecule has 0 saturated carbocycles. The van der Waals surface area contributed by atoms with Gasteiger partial charge >= 0.3 is 0 Å². The van der Waals surface area contributed by atoms with Crippen LogP contribution >= 0.6 is 11.3 Å². The van der Waals surface area contributed by atoms with Crippen molar-refractivity contribution < 1.29 is 8.42 Å². The lowest BCUT2D eigenvalue weighted by molar-refractivity contribution is 0.554. The molecule has 0 spiro atoms. The molecule has 1 N–H and O–H groups in total. The first-order chi connectivity index (χ1) is 7.03. The zero-order valence-electron chi connectivity index (χ0n) is 8.93. The summed E-state index contributed by atoms with van der Waals surface area (Å²) in [5.41, 5.74) is 2.73. The van der Waals surface area contributed by atoms with Gasteiger partial charge in [0, 0.05) is 23.7 Å². The van der Waals surface area contributed by atoms with E-state index in [1.165, 1.54) is 11.3 Å². The smallest absolute Gasteiger partial charge is 0.151 e. The minimum Gasteiger partial charge on any atom is -0.308 e. The third-order valence-corrected chi connectivity index (χ3v) is 4.58. The first kappa shape index (κ1) is 12.6. The molecule has 15 heavy (non-hydrogen) atoms. The van der Waals surface area contributed by atoms with Gasteiger partial charge < -0.3 is 5.32 Å². The summed E-state index contributed by atoms with van der Waals surface area (Å²) in [6.07, 6.45) is 0. The van der Waals surface area contributed by atoms with Crippen LogP contribution in [0.1, 0.15) is 19.5 Å². The van der Waals surface area contributed by atoms with Crippen molar-refractivity contribution in [3.05, 3.63) is 16.6 Å². The Morgan fingerprint density at radius 3 is 2.87 bits per heavy atom. The van der Waals surface area contributed by atoms with E-state index in [1.807, 2.05) is 12.3 Å². The molecule has 86 valence electrons. The van der Waals surface area contributed by atoms with E-state index in [2.05, 4.69) is 10.3 Å². The predicted octanol–water partition coefficient (Wildman–Crippen LogP) is 1.06. The van der Waals surface area contributed by atoms with Gasteiger partial charge in [-0.2, -0.15) is 0 Å². The van der Waals surface area contributed by atoms with Gasteiger partial charge in [-0.3, -0.25) is 0 Å². The van der Waals surface area contributed by atoms with Gasteiger partial charge in [0.05, 0.1) is 17.0 Å². The Bertz CT molecular complexity index is 373. The quantitative estimate of drug-likeness (QED) is 0.817. The Morgan fingerprint density at radius 1 is 1.60 bits per heavy atom. The third-order valence-electron chi connectivity index (χ3n) is 2.06. The summed E-state index contributed by atoms with van der Waals surface area (Å²) in [6.45, 7) is 4.17. The normalized spacial score (nSPS) is 14.0. The van der Waals surface area contributed by atoms with E-state index in [-0.39, 0.29) is 17.5 Å². The number of hydrogen-bond donors (Lipinski definition) is 1. The Labute approximate surface area is 94.7 Å². The summed E-state index contributed by atoms with van der Waals surface area (Å²) >= 11 is 1.54. The van der Waals surface area contributed by atoms with Crippen molar-refractivity contribution in [2.24, 2.45) is 0 Å². The average Bonchev–Trinajstić information content (AvgIpc) is 2.66. The standard InChI is InChI=1S/C9H16N2O2S2/c1-3-15(12,13)6-8(2)10-4-9-5-14-7-11-9/h5,7-8,10H,3-4,6H2,1-2H3. The molecular weight excluding hydrogens is 232 g/mol. The van der Waals surface area contributed by atoms with Crippen LogP contribution < -0.4 is 5.32 Å². The van der Waals surface area contributed by atoms with Crippen molar-refractivity contribution >= 4 is 21.2 Å². The van der Waals surface area contributed by atoms with Crippen LogP contribution in [-0.2, 0) is 16.4 Å². The molecule has 0 aliphatic rings. The number of hydrogen-bond acceptors (Lipinski definition) is 5. The molecule has 4 nitrogen and oxygen atoms in total. The van der Waals surface area contributed by atoms with Crippen LogP contribution in [0.5, 0.6) is 0 Å². The first-order valence-electron chi connectivity index (χ1n) is 4.84. The topological polar surface area (TPSA) is 59.1 Å². The van der Waals surface area contributed by atoms with Crippen LogP contribution in [0.25, 0.3) is 0 Å². The second-order valence-electron chi connectivity index (χ2n) is 3.46. The lowest BCUT2D eigenvalue weighted by Gasteiger charge is -2.12. The number of aromatic nitrogens is 1. The molecule has 0 aliphatic carbocycles. The molecule has 0 saturated heterocycles. The van der Waals surface area contributed by atoms with Crippen LogP contribution in [-0.4, -0.2) is 30.9 Å². The summed E-state index contributed by atoms with van der Waals surface area (Å²) in [7, 11) is -2.89. The van der Waals surface area contributed by atoms with Gasteiger partial charge in [0.1, 0.15) is 0 Å². The van der Waals surface area contributed by atoms with Gasteiger partial charge in [0.2, 0.25) is 0 Å². The molecule has 1 atom stereocenters. The maximum atomic E-state index is 11.3. The number of thiazole rings is 1. The van der Waals surface area contributed by atoms with E-state index >= 15 is 0 Å². The minimum absolute atomic E-state index is 0.0309. The summed E-state index contributed by atoms with van der Waals surface area (Å²) in [4.78, 5) is 4.11. The molecule has 0 bridgehead atoms. The second kappa shape index (κ2) is 5.58. The lowest BCUT2D eigenvalue weighted by Crippen LogP contribution is -2.33. The Balaban J connectivity index is 2.34. The maximum Gasteiger partial charge on any atom is 0.151 e. The van der Waals surface area contributed by atoms with E-state index < -0.39 is 9.84 Å². The second-order valence-corrected chi connectivity index (χ2v) is 6.58. The Morgan fingerprint density at radius 2 is 2.33 bits per heavy atom. The van der Waals surface area contributed by atoms with E-state index in [0.717, 1.165) is 5.69 Å². The highest BCUT2D eigenvalue weighted by molar-refractivity contribution is 7.91. The van der Waals surface area contributed by atoms with Gasteiger partial charge in [0.15, 0.2) is 9.84 Å². The van der Waals surface area contributed by atoms with Crippen molar-refractivity contribution in [3.8, 4) is 0 Å². The van der Waals surface area contributed by atoms with Crippen LogP contribution in [0.2, 0.25) is 0 Å². The number of sulfone groups is 1. The molecule has 6 heteroatoms. The van der Waals surface area contributed by atoms with Crippen LogP contribution in [0.3, 0.4) is 0 Å². The summed E-state index contributed by atoms with van der Waals surface area (Å²) in [5, 5.41) is 5.09. The summed E-state index contributed by atoms with van der Waals surface area (Å²) < 4.78 is 22.6. The minimum atomic E-state index is -2.89. The van der Waals surface area contributed by atoms with Crippen LogP contribution in [0.15, 0.2) is 10.9 Å². The van der Waals surface area contributed by atoms with Crippen molar-refractivity contribution in [1.82, 2.24) is 10.3 Å². The highest BCUT2D eigenvalue weighted by atomic mass is 32.2. The monoisotopic (exact) mass is 248 g/mol. The lowest BCUT2D eigenvalue weighted by atomic mass is 10.3. The SMILES string of the molecule is CCS(=O)(=O)CC(C)NCc1cscn1. The third kappa shape index (κ3) is 4.72. The van der Waals surface area contributed by atoms with Gasteiger partial charge in [-0.1, -0.05) is 6.92 Å². The Kier molecular flexibility index (Phi) is 4.69. The number of nitrogens with zero attached hydrogens (tertiary/aromatic N) is 1. The van der Waals surface area contributed by atoms with E-state index in [1.54, 1.807) is 12.4 Å². The molecule has 1 rings (SSSR count). The molecule has 0 radical (unpaired) electrons. The Hall–Kier alpha value is -0.460. The molecule has 0 fully saturated rings. The zero-order valence-corrected chi connectivity index (χ0v) is 10.6. The molecule has 1 aromatic rings. The summed E-state index contributed by atoms with van der Waals surface area (Å²) in [6, 6.07) is -0.0309. The van der Waals surface area contributed by atoms with Gasteiger partial charge in [-0.05, 0) is 6.92 Å². The van der Waals surface area contributed by atoms with Crippen LogP contribution in [0, 0.1) is 0 Å². The van der Waals surface area contributed by atoms with Crippen molar-refractivity contribution in [2.75, 3.05) is 11.5 Å². The average molecular weight is 248 g/mol. The molecule has 1 unspecified atom stereocenters. The highest BCUT2D eigenvalue weighted by Gasteiger charge is 2.13. The van der Waals surface area contributed by atoms with Gasteiger partial charge in [-0.25, -0.2) is 13.4 Å². The zero-order chi connectivity index (χ0) is 11.3. The number of nitrogens with one attached hydrogen (secondary N) is 1. The first-order valence-corrected chi connectivity index (χ1v) is 7.61. The molecule has 0 aromatic carbocycles. The van der Waals surface area contributed by atoms with E-state index in [4.69, 9.17) is 0 Å². The fraction of sp³-hybridized carbons (Fsp3) is 0.667. The highest BCUT2D eigenvalue weighted by Crippen LogP contribution is 2.01. The molecule has 0 aliphatic heterocycles. The van der Waals surface area contributed by atoms with Crippen molar-refractivity contribution in [3.63, 3.8) is 0 Å². The molecule has 0 amide bonds. The molecule has 1 heterocycles. The van der Waals surface area contributed by atoms with Gasteiger partial charge in [0.25, 0.3) is 0 Å². The van der Waals surface area contributed by atoms with Gasteiger partial charge in [-0.15, -0.1) is 11.3 Å². The fourth-order valence-corrected chi connectivity index (χ4v) is 2.84. The summed E-state index contributed by atoms with van der Waals surface area (Å²) in [5.74, 6) is 0.392. The predicted molar refractivity (Wildman–Crippen MR) is 62.7 cm³/mol. The van der Waals surface area contributed by atoms with Crippen molar-refractivity contribution in [2.45, 2.75) is 26.4 Å².